The second-order valence-electron chi connectivity index (χ2n) is 7.38. The number of ketones is 1. The zero-order valence-corrected chi connectivity index (χ0v) is 17.4. The zero-order chi connectivity index (χ0) is 21.4. The van der Waals surface area contributed by atoms with Gasteiger partial charge in [0, 0.05) is 23.5 Å². The number of fused-ring (bicyclic) bond motifs is 1. The first-order valence-corrected chi connectivity index (χ1v) is 9.66. The van der Waals surface area contributed by atoms with Gasteiger partial charge in [-0.2, -0.15) is 0 Å². The van der Waals surface area contributed by atoms with Crippen LogP contribution in [0, 0.1) is 27.7 Å². The number of carbonyl (C=O) groups is 2. The normalized spacial score (nSPS) is 12.3. The Morgan fingerprint density at radius 2 is 1.77 bits per heavy atom. The number of hydrogen-bond acceptors (Lipinski definition) is 6. The SMILES string of the molecule is Cc1cc(C(=O)OCC(=O)c2cc(C)n(Cc3ccc4c(c3)OCO4)c2C)c(C)o1. The number of aromatic nitrogens is 1. The quantitative estimate of drug-likeness (QED) is 0.450. The summed E-state index contributed by atoms with van der Waals surface area (Å²) in [7, 11) is 0. The Bertz CT molecular complexity index is 1140. The van der Waals surface area contributed by atoms with Crippen molar-refractivity contribution in [2.45, 2.75) is 34.2 Å². The summed E-state index contributed by atoms with van der Waals surface area (Å²) in [6.07, 6.45) is 0. The van der Waals surface area contributed by atoms with Crippen LogP contribution in [0.5, 0.6) is 11.5 Å². The second kappa shape index (κ2) is 7.74. The number of esters is 1. The highest BCUT2D eigenvalue weighted by atomic mass is 16.7. The Balaban J connectivity index is 1.46. The van der Waals surface area contributed by atoms with Gasteiger partial charge in [-0.15, -0.1) is 0 Å². The maximum absolute atomic E-state index is 12.7. The average molecular weight is 409 g/mol. The standard InChI is InChI=1S/C23H23NO6/c1-13-7-18(20(25)11-27-23(26)19-8-14(2)30-16(19)4)15(3)24(13)10-17-5-6-21-22(9-17)29-12-28-21/h5-9H,10-12H2,1-4H3. The topological polar surface area (TPSA) is 79.9 Å². The van der Waals surface area contributed by atoms with Gasteiger partial charge >= 0.3 is 5.97 Å². The van der Waals surface area contributed by atoms with Crippen molar-refractivity contribution in [3.05, 3.63) is 69.9 Å². The van der Waals surface area contributed by atoms with Gasteiger partial charge in [-0.3, -0.25) is 4.79 Å². The molecular formula is C23H23NO6. The van der Waals surface area contributed by atoms with E-state index in [0.29, 0.717) is 29.2 Å². The first-order chi connectivity index (χ1) is 14.3. The molecule has 30 heavy (non-hydrogen) atoms. The molecule has 3 heterocycles. The van der Waals surface area contributed by atoms with Gasteiger partial charge in [-0.1, -0.05) is 6.07 Å². The molecule has 4 rings (SSSR count). The molecule has 1 aliphatic heterocycles. The second-order valence-corrected chi connectivity index (χ2v) is 7.38. The number of aryl methyl sites for hydroxylation is 3. The Morgan fingerprint density at radius 3 is 2.50 bits per heavy atom. The monoisotopic (exact) mass is 409 g/mol. The number of rotatable bonds is 6. The summed E-state index contributed by atoms with van der Waals surface area (Å²) in [6, 6.07) is 9.24. The van der Waals surface area contributed by atoms with Gasteiger partial charge in [0.15, 0.2) is 18.1 Å². The Kier molecular flexibility index (Phi) is 5.11. The minimum absolute atomic E-state index is 0.232. The third-order valence-electron chi connectivity index (χ3n) is 5.25. The molecule has 7 nitrogen and oxygen atoms in total. The Hall–Kier alpha value is -3.48. The van der Waals surface area contributed by atoms with Crippen LogP contribution >= 0.6 is 0 Å². The lowest BCUT2D eigenvalue weighted by Crippen LogP contribution is -2.15. The third kappa shape index (κ3) is 3.70. The number of hydrogen-bond donors (Lipinski definition) is 0. The van der Waals surface area contributed by atoms with E-state index in [1.807, 2.05) is 38.1 Å². The predicted octanol–water partition coefficient (Wildman–Crippen LogP) is 4.13. The summed E-state index contributed by atoms with van der Waals surface area (Å²) in [6.45, 7) is 7.78. The largest absolute Gasteiger partial charge is 0.466 e. The summed E-state index contributed by atoms with van der Waals surface area (Å²) in [5.74, 6) is 1.76. The molecule has 0 radical (unpaired) electrons. The van der Waals surface area contributed by atoms with E-state index in [0.717, 1.165) is 28.5 Å². The first-order valence-electron chi connectivity index (χ1n) is 9.66. The number of carbonyl (C=O) groups excluding carboxylic acids is 2. The van der Waals surface area contributed by atoms with Crippen molar-refractivity contribution in [2.75, 3.05) is 13.4 Å². The number of furan rings is 1. The minimum Gasteiger partial charge on any atom is -0.466 e. The van der Waals surface area contributed by atoms with Crippen molar-refractivity contribution in [2.24, 2.45) is 0 Å². The van der Waals surface area contributed by atoms with E-state index in [2.05, 4.69) is 4.57 Å². The van der Waals surface area contributed by atoms with Gasteiger partial charge in [-0.25, -0.2) is 4.79 Å². The van der Waals surface area contributed by atoms with Crippen molar-refractivity contribution < 1.29 is 28.2 Å². The van der Waals surface area contributed by atoms with Crippen LogP contribution in [0.2, 0.25) is 0 Å². The molecule has 7 heteroatoms. The smallest absolute Gasteiger partial charge is 0.342 e. The predicted molar refractivity (Wildman–Crippen MR) is 108 cm³/mol. The van der Waals surface area contributed by atoms with Crippen molar-refractivity contribution in [1.82, 2.24) is 4.57 Å². The number of ether oxygens (including phenoxy) is 3. The molecule has 1 aliphatic rings. The van der Waals surface area contributed by atoms with Crippen LogP contribution in [-0.2, 0) is 11.3 Å². The first kappa shape index (κ1) is 19.8. The molecule has 0 fully saturated rings. The van der Waals surface area contributed by atoms with Gasteiger partial charge in [0.25, 0.3) is 0 Å². The van der Waals surface area contributed by atoms with E-state index in [4.69, 9.17) is 18.6 Å². The minimum atomic E-state index is -0.563. The molecule has 156 valence electrons. The zero-order valence-electron chi connectivity index (χ0n) is 17.4. The average Bonchev–Trinajstić information content (AvgIpc) is 3.39. The van der Waals surface area contributed by atoms with E-state index in [9.17, 15) is 9.59 Å². The Labute approximate surface area is 174 Å². The number of Topliss-reactive ketones (excluding diaryl/α,β-unsaturated/α-hetero) is 1. The van der Waals surface area contributed by atoms with Crippen LogP contribution in [0.25, 0.3) is 0 Å². The molecule has 0 bridgehead atoms. The maximum atomic E-state index is 12.7. The van der Waals surface area contributed by atoms with Crippen molar-refractivity contribution in [3.8, 4) is 11.5 Å². The molecule has 3 aromatic rings. The molecule has 1 aromatic carbocycles. The van der Waals surface area contributed by atoms with Crippen molar-refractivity contribution in [3.63, 3.8) is 0 Å². The molecule has 0 unspecified atom stereocenters. The van der Waals surface area contributed by atoms with E-state index < -0.39 is 5.97 Å². The van der Waals surface area contributed by atoms with Crippen LogP contribution in [-0.4, -0.2) is 29.7 Å². The fraction of sp³-hybridized carbons (Fsp3) is 0.304. The molecule has 0 atom stereocenters. The van der Waals surface area contributed by atoms with Crippen LogP contribution in [0.4, 0.5) is 0 Å². The summed E-state index contributed by atoms with van der Waals surface area (Å²) in [5.41, 5.74) is 3.69. The summed E-state index contributed by atoms with van der Waals surface area (Å²) < 4.78 is 23.4. The molecular weight excluding hydrogens is 386 g/mol. The highest BCUT2D eigenvalue weighted by Gasteiger charge is 2.21. The van der Waals surface area contributed by atoms with E-state index in [1.54, 1.807) is 19.9 Å². The van der Waals surface area contributed by atoms with Crippen LogP contribution in [0.3, 0.4) is 0 Å². The molecule has 0 aliphatic carbocycles. The van der Waals surface area contributed by atoms with E-state index >= 15 is 0 Å². The highest BCUT2D eigenvalue weighted by Crippen LogP contribution is 2.33. The molecule has 0 N–H and O–H groups in total. The molecule has 0 amide bonds. The fourth-order valence-electron chi connectivity index (χ4n) is 3.67. The fourth-order valence-corrected chi connectivity index (χ4v) is 3.67. The third-order valence-corrected chi connectivity index (χ3v) is 5.25. The van der Waals surface area contributed by atoms with E-state index in [-0.39, 0.29) is 19.2 Å². The van der Waals surface area contributed by atoms with E-state index in [1.165, 1.54) is 0 Å². The maximum Gasteiger partial charge on any atom is 0.342 e. The molecule has 2 aromatic heterocycles. The molecule has 0 spiro atoms. The summed E-state index contributed by atoms with van der Waals surface area (Å²) in [4.78, 5) is 25.0. The van der Waals surface area contributed by atoms with Crippen LogP contribution in [0.1, 0.15) is 49.2 Å². The molecule has 0 saturated carbocycles. The Morgan fingerprint density at radius 1 is 1.00 bits per heavy atom. The molecule has 0 saturated heterocycles. The van der Waals surface area contributed by atoms with Gasteiger partial charge in [0.2, 0.25) is 12.6 Å². The number of nitrogens with zero attached hydrogens (tertiary/aromatic N) is 1. The lowest BCUT2D eigenvalue weighted by atomic mass is 10.1. The van der Waals surface area contributed by atoms with Gasteiger partial charge in [0.1, 0.15) is 17.1 Å². The van der Waals surface area contributed by atoms with Crippen molar-refractivity contribution >= 4 is 11.8 Å². The van der Waals surface area contributed by atoms with Gasteiger partial charge in [0.05, 0.1) is 0 Å². The van der Waals surface area contributed by atoms with Gasteiger partial charge in [-0.05, 0) is 57.5 Å². The summed E-state index contributed by atoms with van der Waals surface area (Å²) >= 11 is 0. The lowest BCUT2D eigenvalue weighted by Gasteiger charge is -2.11. The lowest BCUT2D eigenvalue weighted by molar-refractivity contribution is 0.0472. The van der Waals surface area contributed by atoms with Crippen LogP contribution < -0.4 is 9.47 Å². The van der Waals surface area contributed by atoms with Crippen LogP contribution in [0.15, 0.2) is 34.7 Å². The highest BCUT2D eigenvalue weighted by molar-refractivity contribution is 6.00. The van der Waals surface area contributed by atoms with Crippen molar-refractivity contribution in [1.29, 1.82) is 0 Å². The number of benzene rings is 1. The summed E-state index contributed by atoms with van der Waals surface area (Å²) in [5, 5.41) is 0. The van der Waals surface area contributed by atoms with Gasteiger partial charge < -0.3 is 23.2 Å².